The average Bonchev–Trinajstić information content (AvgIpc) is 2.96. The molecular weight excluding hydrogens is 284 g/mol. The Balaban J connectivity index is 1.93. The fourth-order valence-corrected chi connectivity index (χ4v) is 2.53. The van der Waals surface area contributed by atoms with E-state index in [1.165, 1.54) is 0 Å². The Morgan fingerprint density at radius 1 is 1.45 bits per heavy atom. The zero-order valence-electron chi connectivity index (χ0n) is 13.0. The van der Waals surface area contributed by atoms with E-state index in [4.69, 9.17) is 9.84 Å². The summed E-state index contributed by atoms with van der Waals surface area (Å²) >= 11 is 0. The Bertz CT molecular complexity index is 559. The molecule has 6 nitrogen and oxygen atoms in total. The van der Waals surface area contributed by atoms with Gasteiger partial charge in [-0.25, -0.2) is 4.79 Å². The van der Waals surface area contributed by atoms with E-state index in [-0.39, 0.29) is 12.6 Å². The van der Waals surface area contributed by atoms with Gasteiger partial charge in [0, 0.05) is 25.2 Å². The van der Waals surface area contributed by atoms with Crippen molar-refractivity contribution in [2.24, 2.45) is 5.92 Å². The van der Waals surface area contributed by atoms with Crippen LogP contribution in [0, 0.1) is 12.8 Å². The molecule has 0 aliphatic carbocycles. The van der Waals surface area contributed by atoms with E-state index in [1.807, 2.05) is 32.0 Å². The molecule has 1 atom stereocenters. The van der Waals surface area contributed by atoms with Gasteiger partial charge in [0.25, 0.3) is 0 Å². The van der Waals surface area contributed by atoms with Crippen molar-refractivity contribution >= 4 is 12.0 Å². The van der Waals surface area contributed by atoms with Gasteiger partial charge in [0.15, 0.2) is 0 Å². The van der Waals surface area contributed by atoms with Crippen LogP contribution in [0.5, 0.6) is 5.75 Å². The second kappa shape index (κ2) is 7.15. The number of carboxylic acid groups (broad SMARTS) is 1. The molecule has 0 aromatic heterocycles. The quantitative estimate of drug-likeness (QED) is 0.872. The summed E-state index contributed by atoms with van der Waals surface area (Å²) in [5, 5.41) is 11.8. The lowest BCUT2D eigenvalue weighted by Gasteiger charge is -2.18. The number of carboxylic acids is 1. The molecule has 1 aromatic carbocycles. The summed E-state index contributed by atoms with van der Waals surface area (Å²) in [4.78, 5) is 24.6. The molecule has 0 saturated carbocycles. The van der Waals surface area contributed by atoms with E-state index < -0.39 is 11.9 Å². The van der Waals surface area contributed by atoms with Crippen molar-refractivity contribution in [3.63, 3.8) is 0 Å². The lowest BCUT2D eigenvalue weighted by Crippen LogP contribution is -2.38. The van der Waals surface area contributed by atoms with E-state index in [0.29, 0.717) is 26.1 Å². The minimum Gasteiger partial charge on any atom is -0.494 e. The molecule has 1 unspecified atom stereocenters. The number of urea groups is 1. The topological polar surface area (TPSA) is 78.9 Å². The van der Waals surface area contributed by atoms with E-state index in [1.54, 1.807) is 4.90 Å². The summed E-state index contributed by atoms with van der Waals surface area (Å²) < 4.78 is 5.58. The van der Waals surface area contributed by atoms with Gasteiger partial charge < -0.3 is 20.1 Å². The molecule has 120 valence electrons. The normalized spacial score (nSPS) is 17.4. The van der Waals surface area contributed by atoms with Gasteiger partial charge in [0.1, 0.15) is 5.75 Å². The summed E-state index contributed by atoms with van der Waals surface area (Å²) in [5.74, 6) is -0.524. The lowest BCUT2D eigenvalue weighted by atomic mass is 10.1. The van der Waals surface area contributed by atoms with Crippen LogP contribution in [-0.2, 0) is 11.3 Å². The number of carbonyl (C=O) groups excluding carboxylic acids is 1. The van der Waals surface area contributed by atoms with Crippen LogP contribution in [0.1, 0.15) is 24.5 Å². The van der Waals surface area contributed by atoms with Gasteiger partial charge in [0.05, 0.1) is 12.5 Å². The fraction of sp³-hybridized carbons (Fsp3) is 0.500. The first kappa shape index (κ1) is 16.1. The molecule has 6 heteroatoms. The smallest absolute Gasteiger partial charge is 0.317 e. The highest BCUT2D eigenvalue weighted by atomic mass is 16.5. The van der Waals surface area contributed by atoms with Crippen molar-refractivity contribution in [2.45, 2.75) is 26.8 Å². The third-order valence-corrected chi connectivity index (χ3v) is 3.78. The van der Waals surface area contributed by atoms with Gasteiger partial charge >= 0.3 is 12.0 Å². The van der Waals surface area contributed by atoms with Crippen LogP contribution in [0.4, 0.5) is 4.79 Å². The van der Waals surface area contributed by atoms with Crippen molar-refractivity contribution in [1.29, 1.82) is 0 Å². The predicted molar refractivity (Wildman–Crippen MR) is 81.9 cm³/mol. The van der Waals surface area contributed by atoms with Crippen molar-refractivity contribution in [2.75, 3.05) is 19.7 Å². The highest BCUT2D eigenvalue weighted by molar-refractivity contribution is 5.77. The molecule has 1 aliphatic rings. The highest BCUT2D eigenvalue weighted by Crippen LogP contribution is 2.21. The number of rotatable bonds is 5. The van der Waals surface area contributed by atoms with Gasteiger partial charge in [-0.3, -0.25) is 4.79 Å². The number of nitrogens with one attached hydrogen (secondary N) is 1. The highest BCUT2D eigenvalue weighted by Gasteiger charge is 2.30. The Morgan fingerprint density at radius 2 is 2.23 bits per heavy atom. The van der Waals surface area contributed by atoms with Crippen molar-refractivity contribution < 1.29 is 19.4 Å². The first-order valence-electron chi connectivity index (χ1n) is 7.49. The predicted octanol–water partition coefficient (Wildman–Crippen LogP) is 2.01. The van der Waals surface area contributed by atoms with Gasteiger partial charge in [0.2, 0.25) is 0 Å². The van der Waals surface area contributed by atoms with Gasteiger partial charge in [-0.1, -0.05) is 12.1 Å². The Morgan fingerprint density at radius 3 is 2.86 bits per heavy atom. The zero-order valence-corrected chi connectivity index (χ0v) is 13.0. The second-order valence-electron chi connectivity index (χ2n) is 5.47. The Kier molecular flexibility index (Phi) is 5.25. The molecule has 0 bridgehead atoms. The third-order valence-electron chi connectivity index (χ3n) is 3.78. The molecule has 1 heterocycles. The zero-order chi connectivity index (χ0) is 16.1. The number of amides is 2. The van der Waals surface area contributed by atoms with Gasteiger partial charge in [-0.2, -0.15) is 0 Å². The van der Waals surface area contributed by atoms with Crippen LogP contribution in [0.25, 0.3) is 0 Å². The van der Waals surface area contributed by atoms with E-state index in [9.17, 15) is 9.59 Å². The number of nitrogens with zero attached hydrogens (tertiary/aromatic N) is 1. The number of aliphatic carboxylic acids is 1. The second-order valence-corrected chi connectivity index (χ2v) is 5.47. The van der Waals surface area contributed by atoms with E-state index in [0.717, 1.165) is 16.9 Å². The summed E-state index contributed by atoms with van der Waals surface area (Å²) in [6, 6.07) is 5.62. The number of carbonyl (C=O) groups is 2. The monoisotopic (exact) mass is 306 g/mol. The van der Waals surface area contributed by atoms with Gasteiger partial charge in [-0.05, 0) is 31.9 Å². The van der Waals surface area contributed by atoms with Gasteiger partial charge in [-0.15, -0.1) is 0 Å². The molecule has 1 fully saturated rings. The largest absolute Gasteiger partial charge is 0.494 e. The maximum atomic E-state index is 12.1. The molecule has 2 amide bonds. The molecule has 1 aliphatic heterocycles. The van der Waals surface area contributed by atoms with Crippen LogP contribution in [0.15, 0.2) is 18.2 Å². The van der Waals surface area contributed by atoms with Crippen molar-refractivity contribution in [3.05, 3.63) is 29.3 Å². The summed E-state index contributed by atoms with van der Waals surface area (Å²) in [5.41, 5.74) is 2.01. The van der Waals surface area contributed by atoms with Crippen molar-refractivity contribution in [1.82, 2.24) is 10.2 Å². The molecule has 2 N–H and O–H groups in total. The molecule has 22 heavy (non-hydrogen) atoms. The Labute approximate surface area is 130 Å². The van der Waals surface area contributed by atoms with Crippen LogP contribution in [0.2, 0.25) is 0 Å². The minimum atomic E-state index is -0.840. The molecular formula is C16H22N2O4. The number of hydrogen-bond acceptors (Lipinski definition) is 3. The van der Waals surface area contributed by atoms with E-state index in [2.05, 4.69) is 5.32 Å². The maximum absolute atomic E-state index is 12.1. The van der Waals surface area contributed by atoms with Crippen LogP contribution in [-0.4, -0.2) is 41.7 Å². The van der Waals surface area contributed by atoms with Crippen LogP contribution in [0.3, 0.4) is 0 Å². The third kappa shape index (κ3) is 3.90. The fourth-order valence-electron chi connectivity index (χ4n) is 2.53. The maximum Gasteiger partial charge on any atom is 0.317 e. The summed E-state index contributed by atoms with van der Waals surface area (Å²) in [6.07, 6.45) is 0.511. The van der Waals surface area contributed by atoms with Crippen LogP contribution < -0.4 is 10.1 Å². The molecule has 2 rings (SSSR count). The number of likely N-dealkylation sites (tertiary alicyclic amines) is 1. The van der Waals surface area contributed by atoms with E-state index >= 15 is 0 Å². The molecule has 1 aromatic rings. The molecule has 0 spiro atoms. The van der Waals surface area contributed by atoms with Crippen LogP contribution >= 0.6 is 0 Å². The number of aryl methyl sites for hydroxylation is 1. The molecule has 1 saturated heterocycles. The number of benzene rings is 1. The average molecular weight is 306 g/mol. The first-order valence-corrected chi connectivity index (χ1v) is 7.49. The number of hydrogen-bond donors (Lipinski definition) is 2. The minimum absolute atomic E-state index is 0.230. The first-order chi connectivity index (χ1) is 10.5. The number of ether oxygens (including phenoxy) is 1. The SMILES string of the molecule is CCOc1cc(C)ccc1CNC(=O)N1CCC(C(=O)O)C1. The molecule has 0 radical (unpaired) electrons. The van der Waals surface area contributed by atoms with Crippen molar-refractivity contribution in [3.8, 4) is 5.75 Å². The summed E-state index contributed by atoms with van der Waals surface area (Å²) in [7, 11) is 0. The Hall–Kier alpha value is -2.24. The lowest BCUT2D eigenvalue weighted by molar-refractivity contribution is -0.141. The standard InChI is InChI=1S/C16H22N2O4/c1-3-22-14-8-11(2)4-5-12(14)9-17-16(21)18-7-6-13(10-18)15(19)20/h4-5,8,13H,3,6-7,9-10H2,1-2H3,(H,17,21)(H,19,20). The summed E-state index contributed by atoms with van der Waals surface area (Å²) in [6.45, 7) is 5.59.